The summed E-state index contributed by atoms with van der Waals surface area (Å²) in [6, 6.07) is 24.2. The number of carbonyl (C=O) groups is 1. The highest BCUT2D eigenvalue weighted by molar-refractivity contribution is 7.84. The smallest absolute Gasteiger partial charge is 0.261 e. The van der Waals surface area contributed by atoms with Gasteiger partial charge in [0.15, 0.2) is 0 Å². The minimum absolute atomic E-state index is 0.204. The predicted molar refractivity (Wildman–Crippen MR) is 125 cm³/mol. The van der Waals surface area contributed by atoms with E-state index in [0.29, 0.717) is 39.8 Å². The lowest BCUT2D eigenvalue weighted by molar-refractivity contribution is -0.112. The van der Waals surface area contributed by atoms with Gasteiger partial charge in [-0.1, -0.05) is 42.5 Å². The molecule has 0 aliphatic carbocycles. The molecule has 4 rings (SSSR count). The maximum Gasteiger partial charge on any atom is 0.261 e. The Balaban J connectivity index is 1.54. The lowest BCUT2D eigenvalue weighted by atomic mass is 10.0. The van der Waals surface area contributed by atoms with Gasteiger partial charge in [-0.3, -0.25) is 19.3 Å². The van der Waals surface area contributed by atoms with Crippen molar-refractivity contribution in [3.05, 3.63) is 95.7 Å². The Morgan fingerprint density at radius 3 is 2.25 bits per heavy atom. The van der Waals surface area contributed by atoms with Crippen molar-refractivity contribution in [2.24, 2.45) is 0 Å². The number of amides is 1. The Morgan fingerprint density at radius 1 is 1.00 bits per heavy atom. The number of nitrogens with zero attached hydrogens (tertiary/aromatic N) is 2. The van der Waals surface area contributed by atoms with Crippen LogP contribution in [0, 0.1) is 0 Å². The van der Waals surface area contributed by atoms with E-state index in [9.17, 15) is 14.2 Å². The van der Waals surface area contributed by atoms with E-state index in [4.69, 9.17) is 4.74 Å². The summed E-state index contributed by atoms with van der Waals surface area (Å²) in [6.45, 7) is 0.695. The third-order valence-electron chi connectivity index (χ3n) is 5.32. The van der Waals surface area contributed by atoms with Crippen LogP contribution in [0.2, 0.25) is 0 Å². The van der Waals surface area contributed by atoms with Crippen LogP contribution < -0.4 is 9.64 Å². The van der Waals surface area contributed by atoms with E-state index in [0.717, 1.165) is 10.6 Å². The zero-order valence-electron chi connectivity index (χ0n) is 17.9. The average molecular weight is 449 g/mol. The molecule has 0 saturated carbocycles. The molecule has 1 aliphatic rings. The van der Waals surface area contributed by atoms with Crippen LogP contribution in [0.3, 0.4) is 0 Å². The molecule has 0 radical (unpaired) electrons. The van der Waals surface area contributed by atoms with E-state index in [1.807, 2.05) is 54.6 Å². The Labute approximate surface area is 189 Å². The summed E-state index contributed by atoms with van der Waals surface area (Å²) in [4.78, 5) is 15.6. The number of hydrogen-bond donors (Lipinski definition) is 1. The Hall–Kier alpha value is -3.42. The van der Waals surface area contributed by atoms with Crippen LogP contribution >= 0.6 is 0 Å². The third-order valence-corrected chi connectivity index (χ3v) is 6.25. The number of likely N-dealkylation sites (N-methyl/N-ethyl adjacent to an activating group) is 1. The number of benzene rings is 3. The highest BCUT2D eigenvalue weighted by Crippen LogP contribution is 2.33. The standard InChI is InChI=1S/C25H24N2O4S/c1-26(29)23-16-27(20-10-14-22(15-11-20)32(2)30)25(28)24(23)19-8-12-21(13-9-19)31-17-18-6-4-3-5-7-18/h3-15,29H,16-17H2,1-2H3. The maximum absolute atomic E-state index is 13.3. The number of anilines is 1. The lowest BCUT2D eigenvalue weighted by Crippen LogP contribution is -2.27. The first-order valence-corrected chi connectivity index (χ1v) is 11.7. The van der Waals surface area contributed by atoms with Crippen molar-refractivity contribution in [3.63, 3.8) is 0 Å². The second kappa shape index (κ2) is 9.38. The summed E-state index contributed by atoms with van der Waals surface area (Å²) in [5.41, 5.74) is 3.40. The Kier molecular flexibility index (Phi) is 6.39. The van der Waals surface area contributed by atoms with E-state index in [1.165, 1.54) is 7.05 Å². The predicted octanol–water partition coefficient (Wildman–Crippen LogP) is 4.08. The lowest BCUT2D eigenvalue weighted by Gasteiger charge is -2.18. The minimum atomic E-state index is -1.09. The van der Waals surface area contributed by atoms with Crippen molar-refractivity contribution in [3.8, 4) is 5.75 Å². The molecule has 1 atom stereocenters. The Bertz CT molecular complexity index is 1160. The second-order valence-electron chi connectivity index (χ2n) is 7.48. The van der Waals surface area contributed by atoms with Gasteiger partial charge in [-0.15, -0.1) is 0 Å². The van der Waals surface area contributed by atoms with Crippen LogP contribution in [0.25, 0.3) is 5.57 Å². The van der Waals surface area contributed by atoms with Crippen LogP contribution in [-0.2, 0) is 22.2 Å². The second-order valence-corrected chi connectivity index (χ2v) is 8.86. The summed E-state index contributed by atoms with van der Waals surface area (Å²) in [5.74, 6) is 0.492. The van der Waals surface area contributed by atoms with Crippen molar-refractivity contribution in [1.82, 2.24) is 5.06 Å². The van der Waals surface area contributed by atoms with Gasteiger partial charge in [0, 0.05) is 34.7 Å². The first-order chi connectivity index (χ1) is 15.4. The van der Waals surface area contributed by atoms with E-state index in [1.54, 1.807) is 35.4 Å². The van der Waals surface area contributed by atoms with Crippen molar-refractivity contribution in [2.75, 3.05) is 24.7 Å². The van der Waals surface area contributed by atoms with Gasteiger partial charge >= 0.3 is 0 Å². The van der Waals surface area contributed by atoms with Crippen LogP contribution in [-0.4, -0.2) is 40.2 Å². The molecule has 1 amide bonds. The van der Waals surface area contributed by atoms with Crippen molar-refractivity contribution in [2.45, 2.75) is 11.5 Å². The van der Waals surface area contributed by atoms with Gasteiger partial charge in [0.25, 0.3) is 5.91 Å². The minimum Gasteiger partial charge on any atom is -0.489 e. The summed E-state index contributed by atoms with van der Waals surface area (Å²) < 4.78 is 17.5. The molecule has 1 heterocycles. The fourth-order valence-electron chi connectivity index (χ4n) is 3.60. The van der Waals surface area contributed by atoms with Gasteiger partial charge in [0.05, 0.1) is 17.8 Å². The molecule has 164 valence electrons. The molecule has 3 aromatic carbocycles. The van der Waals surface area contributed by atoms with Crippen LogP contribution in [0.15, 0.2) is 89.5 Å². The van der Waals surface area contributed by atoms with Gasteiger partial charge in [-0.2, -0.15) is 0 Å². The normalized spacial score (nSPS) is 14.6. The van der Waals surface area contributed by atoms with Crippen LogP contribution in [0.5, 0.6) is 5.75 Å². The van der Waals surface area contributed by atoms with Crippen molar-refractivity contribution >= 4 is 28.0 Å². The molecule has 32 heavy (non-hydrogen) atoms. The molecule has 0 saturated heterocycles. The number of hydrogen-bond acceptors (Lipinski definition) is 5. The van der Waals surface area contributed by atoms with Gasteiger partial charge in [0.1, 0.15) is 12.4 Å². The van der Waals surface area contributed by atoms with Gasteiger partial charge < -0.3 is 9.64 Å². The molecule has 6 nitrogen and oxygen atoms in total. The van der Waals surface area contributed by atoms with Crippen molar-refractivity contribution in [1.29, 1.82) is 0 Å². The molecule has 0 aromatic heterocycles. The largest absolute Gasteiger partial charge is 0.489 e. The number of rotatable bonds is 7. The summed E-state index contributed by atoms with van der Waals surface area (Å²) in [5, 5.41) is 11.2. The van der Waals surface area contributed by atoms with Gasteiger partial charge in [-0.05, 0) is 47.5 Å². The van der Waals surface area contributed by atoms with Gasteiger partial charge in [-0.25, -0.2) is 0 Å². The zero-order chi connectivity index (χ0) is 22.7. The molecular weight excluding hydrogens is 424 g/mol. The first-order valence-electron chi connectivity index (χ1n) is 10.1. The molecule has 3 aromatic rings. The molecule has 7 heteroatoms. The quantitative estimate of drug-likeness (QED) is 0.552. The summed E-state index contributed by atoms with van der Waals surface area (Å²) in [7, 11) is 0.418. The van der Waals surface area contributed by atoms with Crippen LogP contribution in [0.4, 0.5) is 5.69 Å². The molecule has 1 aliphatic heterocycles. The highest BCUT2D eigenvalue weighted by atomic mass is 32.2. The van der Waals surface area contributed by atoms with E-state index < -0.39 is 10.8 Å². The SMILES string of the molecule is CN(O)C1=C(c2ccc(OCc3ccccc3)cc2)C(=O)N(c2ccc(S(C)=O)cc2)C1. The number of hydroxylamine groups is 2. The molecule has 1 N–H and O–H groups in total. The molecule has 0 spiro atoms. The monoisotopic (exact) mass is 448 g/mol. The van der Waals surface area contributed by atoms with E-state index in [2.05, 4.69) is 0 Å². The summed E-state index contributed by atoms with van der Waals surface area (Å²) in [6.07, 6.45) is 1.61. The molecule has 0 fully saturated rings. The fourth-order valence-corrected chi connectivity index (χ4v) is 4.12. The Morgan fingerprint density at radius 2 is 1.66 bits per heavy atom. The molecule has 0 bridgehead atoms. The summed E-state index contributed by atoms with van der Waals surface area (Å²) >= 11 is 0. The number of ether oxygens (including phenoxy) is 1. The maximum atomic E-state index is 13.3. The van der Waals surface area contributed by atoms with Crippen molar-refractivity contribution < 1.29 is 18.9 Å². The zero-order valence-corrected chi connectivity index (χ0v) is 18.7. The van der Waals surface area contributed by atoms with Gasteiger partial charge in [0.2, 0.25) is 0 Å². The van der Waals surface area contributed by atoms with Crippen LogP contribution in [0.1, 0.15) is 11.1 Å². The molecular formula is C25H24N2O4S. The highest BCUT2D eigenvalue weighted by Gasteiger charge is 2.34. The number of carbonyl (C=O) groups excluding carboxylic acids is 1. The first kappa shape index (κ1) is 21.8. The van der Waals surface area contributed by atoms with E-state index in [-0.39, 0.29) is 12.5 Å². The van der Waals surface area contributed by atoms with E-state index >= 15 is 0 Å². The average Bonchev–Trinajstić information content (AvgIpc) is 3.16. The molecule has 1 unspecified atom stereocenters. The topological polar surface area (TPSA) is 70.1 Å². The third kappa shape index (κ3) is 4.59. The fraction of sp³-hybridized carbons (Fsp3) is 0.160.